The smallest absolute Gasteiger partial charge is 0.120 e. The third-order valence-corrected chi connectivity index (χ3v) is 2.23. The van der Waals surface area contributed by atoms with Gasteiger partial charge in [0.05, 0.1) is 0 Å². The van der Waals surface area contributed by atoms with Gasteiger partial charge in [0.25, 0.3) is 0 Å². The van der Waals surface area contributed by atoms with E-state index in [1.54, 1.807) is 0 Å². The highest BCUT2D eigenvalue weighted by atomic mass is 16.1. The number of hydrogen-bond acceptors (Lipinski definition) is 1. The molecule has 0 fully saturated rings. The first-order chi connectivity index (χ1) is 6.83. The van der Waals surface area contributed by atoms with Crippen LogP contribution >= 0.6 is 0 Å². The Balaban J connectivity index is 2.27. The van der Waals surface area contributed by atoms with Gasteiger partial charge in [0, 0.05) is 6.42 Å². The van der Waals surface area contributed by atoms with E-state index >= 15 is 0 Å². The van der Waals surface area contributed by atoms with Gasteiger partial charge >= 0.3 is 0 Å². The Bertz CT molecular complexity index is 287. The maximum Gasteiger partial charge on any atom is 0.120 e. The molecular weight excluding hydrogens is 172 g/mol. The fourth-order valence-corrected chi connectivity index (χ4v) is 1.35. The predicted octanol–water partition coefficient (Wildman–Crippen LogP) is 3.15. The molecule has 0 saturated heterocycles. The molecule has 0 saturated carbocycles. The number of aryl methyl sites for hydroxylation is 1. The number of aldehydes is 1. The van der Waals surface area contributed by atoms with Crippen LogP contribution in [-0.2, 0) is 11.2 Å². The molecule has 0 unspecified atom stereocenters. The SMILES string of the molecule is C=C(CCC=O)CCc1ccccc1. The minimum Gasteiger partial charge on any atom is -0.303 e. The third kappa shape index (κ3) is 4.04. The van der Waals surface area contributed by atoms with Gasteiger partial charge in [-0.15, -0.1) is 0 Å². The first-order valence-corrected chi connectivity index (χ1v) is 4.97. The van der Waals surface area contributed by atoms with E-state index in [4.69, 9.17) is 0 Å². The van der Waals surface area contributed by atoms with Crippen LogP contribution in [0, 0.1) is 0 Å². The van der Waals surface area contributed by atoms with Gasteiger partial charge < -0.3 is 4.79 Å². The Kier molecular flexibility index (Phi) is 4.70. The molecule has 0 amide bonds. The van der Waals surface area contributed by atoms with E-state index in [0.29, 0.717) is 6.42 Å². The monoisotopic (exact) mass is 188 g/mol. The average molecular weight is 188 g/mol. The van der Waals surface area contributed by atoms with Crippen molar-refractivity contribution >= 4 is 6.29 Å². The Morgan fingerprint density at radius 2 is 1.93 bits per heavy atom. The standard InChI is InChI=1S/C13H16O/c1-12(6-5-11-14)9-10-13-7-3-2-4-8-13/h2-4,7-8,11H,1,5-6,9-10H2. The van der Waals surface area contributed by atoms with Crippen molar-refractivity contribution in [3.05, 3.63) is 48.0 Å². The molecule has 0 aliphatic rings. The Morgan fingerprint density at radius 3 is 2.57 bits per heavy atom. The van der Waals surface area contributed by atoms with Gasteiger partial charge in [0.2, 0.25) is 0 Å². The molecule has 0 N–H and O–H groups in total. The summed E-state index contributed by atoms with van der Waals surface area (Å²) in [7, 11) is 0. The first kappa shape index (κ1) is 10.7. The van der Waals surface area contributed by atoms with E-state index in [-0.39, 0.29) is 0 Å². The summed E-state index contributed by atoms with van der Waals surface area (Å²) < 4.78 is 0. The molecule has 0 bridgehead atoms. The van der Waals surface area contributed by atoms with Crippen molar-refractivity contribution in [2.45, 2.75) is 25.7 Å². The molecule has 1 rings (SSSR count). The lowest BCUT2D eigenvalue weighted by molar-refractivity contribution is -0.107. The molecule has 1 aromatic carbocycles. The fraction of sp³-hybridized carbons (Fsp3) is 0.308. The highest BCUT2D eigenvalue weighted by Crippen LogP contribution is 2.11. The topological polar surface area (TPSA) is 17.1 Å². The average Bonchev–Trinajstić information content (AvgIpc) is 2.25. The maximum atomic E-state index is 10.1. The molecule has 0 radical (unpaired) electrons. The van der Waals surface area contributed by atoms with E-state index in [1.807, 2.05) is 18.2 Å². The van der Waals surface area contributed by atoms with Gasteiger partial charge in [-0.05, 0) is 24.8 Å². The van der Waals surface area contributed by atoms with Crippen molar-refractivity contribution in [1.29, 1.82) is 0 Å². The summed E-state index contributed by atoms with van der Waals surface area (Å²) in [6.07, 6.45) is 4.40. The quantitative estimate of drug-likeness (QED) is 0.495. The molecule has 0 aliphatic heterocycles. The Labute approximate surface area is 85.5 Å². The van der Waals surface area contributed by atoms with Gasteiger partial charge in [-0.2, -0.15) is 0 Å². The van der Waals surface area contributed by atoms with Gasteiger partial charge in [0.1, 0.15) is 6.29 Å². The van der Waals surface area contributed by atoms with Crippen molar-refractivity contribution in [1.82, 2.24) is 0 Å². The van der Waals surface area contributed by atoms with Crippen molar-refractivity contribution in [2.24, 2.45) is 0 Å². The largest absolute Gasteiger partial charge is 0.303 e. The minimum absolute atomic E-state index is 0.605. The lowest BCUT2D eigenvalue weighted by Gasteiger charge is -2.03. The Hall–Kier alpha value is -1.37. The summed E-state index contributed by atoms with van der Waals surface area (Å²) in [6.45, 7) is 3.95. The molecule has 1 aromatic rings. The van der Waals surface area contributed by atoms with Crippen LogP contribution in [0.1, 0.15) is 24.8 Å². The number of rotatable bonds is 6. The lowest BCUT2D eigenvalue weighted by atomic mass is 10.0. The van der Waals surface area contributed by atoms with Gasteiger partial charge in [-0.3, -0.25) is 0 Å². The lowest BCUT2D eigenvalue weighted by Crippen LogP contribution is -1.88. The van der Waals surface area contributed by atoms with E-state index < -0.39 is 0 Å². The molecule has 1 heteroatoms. The van der Waals surface area contributed by atoms with E-state index in [2.05, 4.69) is 18.7 Å². The van der Waals surface area contributed by atoms with E-state index in [0.717, 1.165) is 25.5 Å². The van der Waals surface area contributed by atoms with Crippen molar-refractivity contribution in [2.75, 3.05) is 0 Å². The second-order valence-electron chi connectivity index (χ2n) is 3.44. The molecule has 14 heavy (non-hydrogen) atoms. The van der Waals surface area contributed by atoms with Gasteiger partial charge in [0.15, 0.2) is 0 Å². The summed E-state index contributed by atoms with van der Waals surface area (Å²) in [5.41, 5.74) is 2.50. The zero-order valence-electron chi connectivity index (χ0n) is 8.41. The van der Waals surface area contributed by atoms with Crippen molar-refractivity contribution in [3.63, 3.8) is 0 Å². The second-order valence-corrected chi connectivity index (χ2v) is 3.44. The minimum atomic E-state index is 0.605. The molecule has 74 valence electrons. The summed E-state index contributed by atoms with van der Waals surface area (Å²) in [5, 5.41) is 0. The van der Waals surface area contributed by atoms with Crippen LogP contribution in [0.2, 0.25) is 0 Å². The highest BCUT2D eigenvalue weighted by molar-refractivity contribution is 5.49. The highest BCUT2D eigenvalue weighted by Gasteiger charge is 1.96. The van der Waals surface area contributed by atoms with Crippen LogP contribution in [0.15, 0.2) is 42.5 Å². The maximum absolute atomic E-state index is 10.1. The van der Waals surface area contributed by atoms with Crippen molar-refractivity contribution in [3.8, 4) is 0 Å². The van der Waals surface area contributed by atoms with Crippen LogP contribution in [-0.4, -0.2) is 6.29 Å². The summed E-state index contributed by atoms with van der Waals surface area (Å²) in [5.74, 6) is 0. The van der Waals surface area contributed by atoms with Crippen LogP contribution in [0.5, 0.6) is 0 Å². The van der Waals surface area contributed by atoms with E-state index in [9.17, 15) is 4.79 Å². The molecule has 0 aromatic heterocycles. The number of benzene rings is 1. The van der Waals surface area contributed by atoms with Crippen LogP contribution in [0.3, 0.4) is 0 Å². The normalized spacial score (nSPS) is 9.71. The molecule has 1 nitrogen and oxygen atoms in total. The molecule has 0 spiro atoms. The third-order valence-electron chi connectivity index (χ3n) is 2.23. The number of hydrogen-bond donors (Lipinski definition) is 0. The molecule has 0 aliphatic carbocycles. The van der Waals surface area contributed by atoms with E-state index in [1.165, 1.54) is 11.1 Å². The summed E-state index contributed by atoms with van der Waals surface area (Å²) in [4.78, 5) is 10.1. The zero-order chi connectivity index (χ0) is 10.2. The number of carbonyl (C=O) groups excluding carboxylic acids is 1. The van der Waals surface area contributed by atoms with Gasteiger partial charge in [-0.25, -0.2) is 0 Å². The van der Waals surface area contributed by atoms with Crippen LogP contribution in [0.25, 0.3) is 0 Å². The second kappa shape index (κ2) is 6.14. The number of allylic oxidation sites excluding steroid dienone is 1. The van der Waals surface area contributed by atoms with Crippen LogP contribution in [0.4, 0.5) is 0 Å². The van der Waals surface area contributed by atoms with Crippen LogP contribution < -0.4 is 0 Å². The zero-order valence-corrected chi connectivity index (χ0v) is 8.41. The fourth-order valence-electron chi connectivity index (χ4n) is 1.35. The molecular formula is C13H16O. The number of carbonyl (C=O) groups is 1. The summed E-state index contributed by atoms with van der Waals surface area (Å²) in [6, 6.07) is 10.3. The van der Waals surface area contributed by atoms with Crippen molar-refractivity contribution < 1.29 is 4.79 Å². The Morgan fingerprint density at radius 1 is 1.21 bits per heavy atom. The predicted molar refractivity (Wildman–Crippen MR) is 59.2 cm³/mol. The van der Waals surface area contributed by atoms with Gasteiger partial charge in [-0.1, -0.05) is 42.5 Å². The molecule has 0 heterocycles. The first-order valence-electron chi connectivity index (χ1n) is 4.97. The molecule has 0 atom stereocenters. The summed E-state index contributed by atoms with van der Waals surface area (Å²) >= 11 is 0.